The summed E-state index contributed by atoms with van der Waals surface area (Å²) in [6.07, 6.45) is 5.60. The Morgan fingerprint density at radius 2 is 2.04 bits per heavy atom. The summed E-state index contributed by atoms with van der Waals surface area (Å²) in [6, 6.07) is 3.97. The molecule has 24 heavy (non-hydrogen) atoms. The van der Waals surface area contributed by atoms with Gasteiger partial charge in [0.05, 0.1) is 0 Å². The lowest BCUT2D eigenvalue weighted by molar-refractivity contribution is -0.135. The average Bonchev–Trinajstić information content (AvgIpc) is 2.84. The number of fused-ring (bicyclic) bond motifs is 5. The van der Waals surface area contributed by atoms with Gasteiger partial charge in [-0.25, -0.2) is 0 Å². The lowest BCUT2D eigenvalue weighted by Gasteiger charge is -2.47. The molecule has 1 aromatic rings. The molecule has 0 aliphatic heterocycles. The Hall–Kier alpha value is -1.64. The Morgan fingerprint density at radius 1 is 1.25 bits per heavy atom. The number of hydrogen-bond acceptors (Lipinski definition) is 3. The van der Waals surface area contributed by atoms with Crippen molar-refractivity contribution in [2.45, 2.75) is 64.7 Å². The van der Waals surface area contributed by atoms with Crippen molar-refractivity contribution in [2.75, 3.05) is 0 Å². The third-order valence-electron chi connectivity index (χ3n) is 6.98. The lowest BCUT2D eigenvalue weighted by Crippen LogP contribution is -2.46. The maximum Gasteiger partial charge on any atom is 0.141 e. The highest BCUT2D eigenvalue weighted by Gasteiger charge is 2.56. The standard InChI is InChI=1S/C21H26O3/c1-3-4-12-9-15-13(10-17(12)22)11-18(23)20-14(15)7-8-21(2)16(20)5-6-19(21)24/h9-10,14,16,20,22H,3-8,11H2,1-2H3/t14?,16?,20?,21-/m0/s1. The van der Waals surface area contributed by atoms with Crippen molar-refractivity contribution in [3.05, 3.63) is 28.8 Å². The first-order valence-corrected chi connectivity index (χ1v) is 9.36. The van der Waals surface area contributed by atoms with Crippen molar-refractivity contribution < 1.29 is 14.7 Å². The second-order valence-electron chi connectivity index (χ2n) is 8.23. The Kier molecular flexibility index (Phi) is 3.59. The number of rotatable bonds is 2. The van der Waals surface area contributed by atoms with E-state index < -0.39 is 0 Å². The highest BCUT2D eigenvalue weighted by molar-refractivity contribution is 5.92. The molecule has 0 heterocycles. The summed E-state index contributed by atoms with van der Waals surface area (Å²) in [5, 5.41) is 10.2. The highest BCUT2D eigenvalue weighted by Crippen LogP contribution is 2.58. The molecule has 1 aromatic carbocycles. The summed E-state index contributed by atoms with van der Waals surface area (Å²) in [5.74, 6) is 1.43. The molecule has 3 unspecified atom stereocenters. The Morgan fingerprint density at radius 3 is 2.79 bits per heavy atom. The van der Waals surface area contributed by atoms with E-state index in [1.54, 1.807) is 0 Å². The van der Waals surface area contributed by atoms with Gasteiger partial charge in [-0.1, -0.05) is 26.3 Å². The predicted octanol–water partition coefficient (Wildman–Crippen LogP) is 3.95. The molecule has 0 amide bonds. The van der Waals surface area contributed by atoms with Gasteiger partial charge in [-0.05, 0) is 60.3 Å². The van der Waals surface area contributed by atoms with Gasteiger partial charge in [0.2, 0.25) is 0 Å². The summed E-state index contributed by atoms with van der Waals surface area (Å²) in [5.41, 5.74) is 2.99. The van der Waals surface area contributed by atoms with Crippen LogP contribution in [0.1, 0.15) is 68.6 Å². The number of aromatic hydroxyl groups is 1. The van der Waals surface area contributed by atoms with Crippen molar-refractivity contribution in [3.63, 3.8) is 0 Å². The van der Waals surface area contributed by atoms with Crippen LogP contribution in [-0.2, 0) is 22.4 Å². The highest BCUT2D eigenvalue weighted by atomic mass is 16.3. The van der Waals surface area contributed by atoms with Gasteiger partial charge in [-0.3, -0.25) is 9.59 Å². The van der Waals surface area contributed by atoms with Gasteiger partial charge < -0.3 is 5.11 Å². The largest absolute Gasteiger partial charge is 0.508 e. The third kappa shape index (κ3) is 2.09. The van der Waals surface area contributed by atoms with Crippen LogP contribution in [0.25, 0.3) is 0 Å². The number of carbonyl (C=O) groups excluding carboxylic acids is 2. The zero-order chi connectivity index (χ0) is 17.1. The number of carbonyl (C=O) groups is 2. The summed E-state index contributed by atoms with van der Waals surface area (Å²) in [6.45, 7) is 4.20. The van der Waals surface area contributed by atoms with E-state index in [4.69, 9.17) is 0 Å². The molecule has 4 atom stereocenters. The average molecular weight is 326 g/mol. The van der Waals surface area contributed by atoms with Crippen molar-refractivity contribution in [3.8, 4) is 5.75 Å². The summed E-state index contributed by atoms with van der Waals surface area (Å²) >= 11 is 0. The van der Waals surface area contributed by atoms with Gasteiger partial charge in [-0.2, -0.15) is 0 Å². The number of benzene rings is 1. The second kappa shape index (κ2) is 5.44. The smallest absolute Gasteiger partial charge is 0.141 e. The van der Waals surface area contributed by atoms with Gasteiger partial charge >= 0.3 is 0 Å². The van der Waals surface area contributed by atoms with Crippen molar-refractivity contribution in [2.24, 2.45) is 17.3 Å². The maximum absolute atomic E-state index is 12.9. The minimum atomic E-state index is -0.280. The van der Waals surface area contributed by atoms with Crippen molar-refractivity contribution in [1.82, 2.24) is 0 Å². The Labute approximate surface area is 143 Å². The molecule has 0 bridgehead atoms. The van der Waals surface area contributed by atoms with E-state index in [0.29, 0.717) is 24.4 Å². The van der Waals surface area contributed by atoms with Crippen LogP contribution in [0.4, 0.5) is 0 Å². The normalized spacial score (nSPS) is 34.7. The van der Waals surface area contributed by atoms with E-state index in [9.17, 15) is 14.7 Å². The molecule has 4 rings (SSSR count). The molecule has 3 aliphatic rings. The minimum absolute atomic E-state index is 0.00159. The van der Waals surface area contributed by atoms with Gasteiger partial charge in [0.25, 0.3) is 0 Å². The van der Waals surface area contributed by atoms with E-state index in [1.807, 2.05) is 6.07 Å². The Balaban J connectivity index is 1.77. The summed E-state index contributed by atoms with van der Waals surface area (Å²) in [4.78, 5) is 25.3. The first-order chi connectivity index (χ1) is 11.5. The van der Waals surface area contributed by atoms with Crippen LogP contribution in [0.3, 0.4) is 0 Å². The van der Waals surface area contributed by atoms with E-state index >= 15 is 0 Å². The molecule has 3 heteroatoms. The summed E-state index contributed by atoms with van der Waals surface area (Å²) < 4.78 is 0. The maximum atomic E-state index is 12.9. The monoisotopic (exact) mass is 326 g/mol. The molecule has 0 aromatic heterocycles. The van der Waals surface area contributed by atoms with Gasteiger partial charge in [0, 0.05) is 24.2 Å². The second-order valence-corrected chi connectivity index (χ2v) is 8.23. The molecule has 2 saturated carbocycles. The summed E-state index contributed by atoms with van der Waals surface area (Å²) in [7, 11) is 0. The molecule has 0 radical (unpaired) electrons. The minimum Gasteiger partial charge on any atom is -0.508 e. The van der Waals surface area contributed by atoms with E-state index in [1.165, 1.54) is 5.56 Å². The van der Waals surface area contributed by atoms with Gasteiger partial charge in [0.1, 0.15) is 17.3 Å². The van der Waals surface area contributed by atoms with Crippen molar-refractivity contribution >= 4 is 11.6 Å². The lowest BCUT2D eigenvalue weighted by atomic mass is 9.55. The molecule has 3 aliphatic carbocycles. The van der Waals surface area contributed by atoms with Gasteiger partial charge in [-0.15, -0.1) is 0 Å². The van der Waals surface area contributed by atoms with E-state index in [0.717, 1.165) is 43.2 Å². The zero-order valence-corrected chi connectivity index (χ0v) is 14.6. The van der Waals surface area contributed by atoms with E-state index in [2.05, 4.69) is 19.9 Å². The molecule has 1 N–H and O–H groups in total. The van der Waals surface area contributed by atoms with Crippen molar-refractivity contribution in [1.29, 1.82) is 0 Å². The van der Waals surface area contributed by atoms with Gasteiger partial charge in [0.15, 0.2) is 0 Å². The quantitative estimate of drug-likeness (QED) is 0.895. The molecular weight excluding hydrogens is 300 g/mol. The number of hydrogen-bond donors (Lipinski definition) is 1. The first-order valence-electron chi connectivity index (χ1n) is 9.36. The molecule has 0 saturated heterocycles. The number of aryl methyl sites for hydroxylation is 1. The van der Waals surface area contributed by atoms with Crippen LogP contribution in [0, 0.1) is 17.3 Å². The first kappa shape index (κ1) is 15.9. The number of phenolic OH excluding ortho intramolecular Hbond substituents is 1. The zero-order valence-electron chi connectivity index (χ0n) is 14.6. The molecule has 0 spiro atoms. The van der Waals surface area contributed by atoms with Crippen LogP contribution in [0.2, 0.25) is 0 Å². The molecule has 2 fully saturated rings. The third-order valence-corrected chi connectivity index (χ3v) is 6.98. The number of phenols is 1. The van der Waals surface area contributed by atoms with Crippen LogP contribution >= 0.6 is 0 Å². The number of ketones is 2. The van der Waals surface area contributed by atoms with Crippen LogP contribution < -0.4 is 0 Å². The van der Waals surface area contributed by atoms with Crippen LogP contribution in [0.15, 0.2) is 12.1 Å². The predicted molar refractivity (Wildman–Crippen MR) is 92.1 cm³/mol. The van der Waals surface area contributed by atoms with E-state index in [-0.39, 0.29) is 29.0 Å². The topological polar surface area (TPSA) is 54.4 Å². The fourth-order valence-electron chi connectivity index (χ4n) is 5.68. The SMILES string of the molecule is CCCc1cc2c(cc1O)CC(=O)C1C2CC[C@]2(C)C(=O)CCC12. The Bertz CT molecular complexity index is 720. The van der Waals surface area contributed by atoms with Crippen LogP contribution in [0.5, 0.6) is 5.75 Å². The van der Waals surface area contributed by atoms with Crippen LogP contribution in [-0.4, -0.2) is 16.7 Å². The molecule has 3 nitrogen and oxygen atoms in total. The molecular formula is C21H26O3. The fraction of sp³-hybridized carbons (Fsp3) is 0.619. The fourth-order valence-corrected chi connectivity index (χ4v) is 5.68. The number of Topliss-reactive ketones (excluding diaryl/α,β-unsaturated/α-hetero) is 2. The molecule has 128 valence electrons.